The molecule has 27 heavy (non-hydrogen) atoms. The van der Waals surface area contributed by atoms with Crippen molar-refractivity contribution in [2.45, 2.75) is 19.1 Å². The van der Waals surface area contributed by atoms with E-state index in [-0.39, 0.29) is 5.91 Å². The molecule has 0 radical (unpaired) electrons. The minimum Gasteiger partial charge on any atom is -0.491 e. The van der Waals surface area contributed by atoms with Gasteiger partial charge in [-0.05, 0) is 31.0 Å². The summed E-state index contributed by atoms with van der Waals surface area (Å²) in [5, 5.41) is 4.01. The van der Waals surface area contributed by atoms with E-state index in [0.717, 1.165) is 28.8 Å². The van der Waals surface area contributed by atoms with Crippen LogP contribution in [0.2, 0.25) is 0 Å². The molecular weight excluding hydrogens is 356 g/mol. The zero-order valence-electron chi connectivity index (χ0n) is 15.5. The predicted octanol–water partition coefficient (Wildman–Crippen LogP) is 4.36. The Hall–Kier alpha value is -2.53. The largest absolute Gasteiger partial charge is 0.491 e. The highest BCUT2D eigenvalue weighted by molar-refractivity contribution is 7.99. The molecule has 2 aromatic carbocycles. The zero-order valence-corrected chi connectivity index (χ0v) is 16.3. The van der Waals surface area contributed by atoms with Gasteiger partial charge in [-0.3, -0.25) is 9.78 Å². The van der Waals surface area contributed by atoms with Crippen molar-refractivity contribution in [2.24, 2.45) is 0 Å². The molecule has 1 aromatic heterocycles. The molecule has 1 N–H and O–H groups in total. The summed E-state index contributed by atoms with van der Waals surface area (Å²) in [6, 6.07) is 18.3. The fourth-order valence-electron chi connectivity index (χ4n) is 2.67. The van der Waals surface area contributed by atoms with Gasteiger partial charge in [0.2, 0.25) is 5.91 Å². The first-order valence-corrected chi connectivity index (χ1v) is 10.2. The van der Waals surface area contributed by atoms with E-state index in [1.807, 2.05) is 30.3 Å². The third kappa shape index (κ3) is 6.00. The van der Waals surface area contributed by atoms with Crippen molar-refractivity contribution >= 4 is 28.6 Å². The summed E-state index contributed by atoms with van der Waals surface area (Å²) in [4.78, 5) is 16.3. The van der Waals surface area contributed by atoms with E-state index in [9.17, 15) is 4.79 Å². The van der Waals surface area contributed by atoms with Crippen LogP contribution in [0.15, 0.2) is 60.8 Å². The number of carbonyl (C=O) groups is 1. The Bertz CT molecular complexity index is 876. The number of thioether (sulfide) groups is 1. The lowest BCUT2D eigenvalue weighted by atomic mass is 10.2. The summed E-state index contributed by atoms with van der Waals surface area (Å²) >= 11 is 1.63. The molecule has 0 aliphatic rings. The van der Waals surface area contributed by atoms with Crippen LogP contribution in [0.1, 0.15) is 17.5 Å². The molecule has 3 aromatic rings. The van der Waals surface area contributed by atoms with Crippen LogP contribution in [0.25, 0.3) is 10.9 Å². The van der Waals surface area contributed by atoms with Crippen molar-refractivity contribution in [1.29, 1.82) is 0 Å². The summed E-state index contributed by atoms with van der Waals surface area (Å²) in [7, 11) is 0. The lowest BCUT2D eigenvalue weighted by Crippen LogP contribution is -2.27. The number of amides is 1. The van der Waals surface area contributed by atoms with Crippen LogP contribution in [-0.4, -0.2) is 29.8 Å². The number of hydrogen-bond donors (Lipinski definition) is 1. The number of aromatic nitrogens is 1. The molecular formula is C22H24N2O2S. The van der Waals surface area contributed by atoms with Gasteiger partial charge < -0.3 is 10.1 Å². The number of fused-ring (bicyclic) bond motifs is 1. The maximum Gasteiger partial charge on any atom is 0.230 e. The SMILES string of the molecule is Cc1ccc(CSCC(=O)NCCCOc2cccc3cccnc23)cc1. The molecule has 1 amide bonds. The minimum absolute atomic E-state index is 0.0685. The van der Waals surface area contributed by atoms with Crippen LogP contribution in [-0.2, 0) is 10.5 Å². The third-order valence-corrected chi connectivity index (χ3v) is 5.12. The smallest absolute Gasteiger partial charge is 0.230 e. The van der Waals surface area contributed by atoms with Gasteiger partial charge in [0.15, 0.2) is 0 Å². The van der Waals surface area contributed by atoms with Gasteiger partial charge in [-0.2, -0.15) is 0 Å². The summed E-state index contributed by atoms with van der Waals surface area (Å²) in [6.07, 6.45) is 2.53. The van der Waals surface area contributed by atoms with E-state index in [4.69, 9.17) is 4.74 Å². The molecule has 0 aliphatic carbocycles. The van der Waals surface area contributed by atoms with Crippen LogP contribution >= 0.6 is 11.8 Å². The second-order valence-electron chi connectivity index (χ2n) is 6.36. The molecule has 1 heterocycles. The van der Waals surface area contributed by atoms with Gasteiger partial charge in [0.25, 0.3) is 0 Å². The Balaban J connectivity index is 1.31. The van der Waals surface area contributed by atoms with Gasteiger partial charge in [-0.25, -0.2) is 0 Å². The number of nitrogens with one attached hydrogen (secondary N) is 1. The number of carbonyl (C=O) groups excluding carboxylic acids is 1. The molecule has 4 nitrogen and oxygen atoms in total. The van der Waals surface area contributed by atoms with Crippen molar-refractivity contribution < 1.29 is 9.53 Å². The normalized spacial score (nSPS) is 10.7. The quantitative estimate of drug-likeness (QED) is 0.560. The Labute approximate surface area is 164 Å². The average molecular weight is 381 g/mol. The standard InChI is InChI=1S/C22H24N2O2S/c1-17-8-10-18(11-9-17)15-27-16-21(25)23-13-4-14-26-20-7-2-5-19-6-3-12-24-22(19)20/h2-3,5-12H,4,13-16H2,1H3,(H,23,25). The Morgan fingerprint density at radius 1 is 1.11 bits per heavy atom. The van der Waals surface area contributed by atoms with E-state index in [1.54, 1.807) is 18.0 Å². The molecule has 140 valence electrons. The molecule has 0 spiro atoms. The number of para-hydroxylation sites is 1. The van der Waals surface area contributed by atoms with Crippen molar-refractivity contribution in [3.8, 4) is 5.75 Å². The number of benzene rings is 2. The number of aryl methyl sites for hydroxylation is 1. The zero-order chi connectivity index (χ0) is 18.9. The summed E-state index contributed by atoms with van der Waals surface area (Å²) in [6.45, 7) is 3.24. The van der Waals surface area contributed by atoms with Gasteiger partial charge in [0.05, 0.1) is 12.4 Å². The third-order valence-electron chi connectivity index (χ3n) is 4.12. The lowest BCUT2D eigenvalue weighted by molar-refractivity contribution is -0.118. The molecule has 0 saturated carbocycles. The lowest BCUT2D eigenvalue weighted by Gasteiger charge is -2.09. The van der Waals surface area contributed by atoms with Gasteiger partial charge in [0, 0.05) is 23.9 Å². The second-order valence-corrected chi connectivity index (χ2v) is 7.35. The van der Waals surface area contributed by atoms with E-state index < -0.39 is 0 Å². The highest BCUT2D eigenvalue weighted by Crippen LogP contribution is 2.22. The van der Waals surface area contributed by atoms with Crippen LogP contribution in [0.5, 0.6) is 5.75 Å². The topological polar surface area (TPSA) is 51.2 Å². The van der Waals surface area contributed by atoms with Gasteiger partial charge in [-0.15, -0.1) is 11.8 Å². The fraction of sp³-hybridized carbons (Fsp3) is 0.273. The summed E-state index contributed by atoms with van der Waals surface area (Å²) in [5.41, 5.74) is 3.37. The average Bonchev–Trinajstić information content (AvgIpc) is 2.69. The van der Waals surface area contributed by atoms with Crippen molar-refractivity contribution in [3.05, 3.63) is 71.9 Å². The van der Waals surface area contributed by atoms with Crippen molar-refractivity contribution in [1.82, 2.24) is 10.3 Å². The number of pyridine rings is 1. The van der Waals surface area contributed by atoms with Gasteiger partial charge >= 0.3 is 0 Å². The number of rotatable bonds is 9. The number of hydrogen-bond acceptors (Lipinski definition) is 4. The molecule has 0 atom stereocenters. The fourth-order valence-corrected chi connectivity index (χ4v) is 3.49. The highest BCUT2D eigenvalue weighted by Gasteiger charge is 2.04. The monoisotopic (exact) mass is 380 g/mol. The van der Waals surface area contributed by atoms with E-state index in [1.165, 1.54) is 11.1 Å². The first kappa shape index (κ1) is 19.2. The highest BCUT2D eigenvalue weighted by atomic mass is 32.2. The number of ether oxygens (including phenoxy) is 1. The minimum atomic E-state index is 0.0685. The molecule has 0 saturated heterocycles. The Morgan fingerprint density at radius 3 is 2.78 bits per heavy atom. The summed E-state index contributed by atoms with van der Waals surface area (Å²) in [5.74, 6) is 2.18. The first-order chi connectivity index (χ1) is 13.2. The molecule has 5 heteroatoms. The molecule has 0 bridgehead atoms. The predicted molar refractivity (Wildman–Crippen MR) is 112 cm³/mol. The maximum atomic E-state index is 11.9. The van der Waals surface area contributed by atoms with Gasteiger partial charge in [-0.1, -0.05) is 48.0 Å². The van der Waals surface area contributed by atoms with E-state index >= 15 is 0 Å². The molecule has 0 fully saturated rings. The Morgan fingerprint density at radius 2 is 1.93 bits per heavy atom. The maximum absolute atomic E-state index is 11.9. The van der Waals surface area contributed by atoms with Crippen LogP contribution in [0, 0.1) is 6.92 Å². The molecule has 0 aliphatic heterocycles. The number of nitrogens with zero attached hydrogens (tertiary/aromatic N) is 1. The second kappa shape index (κ2) is 9.97. The van der Waals surface area contributed by atoms with Crippen molar-refractivity contribution in [2.75, 3.05) is 18.9 Å². The van der Waals surface area contributed by atoms with Crippen LogP contribution in [0.3, 0.4) is 0 Å². The first-order valence-electron chi connectivity index (χ1n) is 9.09. The van der Waals surface area contributed by atoms with Gasteiger partial charge in [0.1, 0.15) is 11.3 Å². The van der Waals surface area contributed by atoms with Crippen molar-refractivity contribution in [3.63, 3.8) is 0 Å². The molecule has 0 unspecified atom stereocenters. The summed E-state index contributed by atoms with van der Waals surface area (Å²) < 4.78 is 5.83. The van der Waals surface area contributed by atoms with E-state index in [0.29, 0.717) is 18.9 Å². The molecule has 3 rings (SSSR count). The van der Waals surface area contributed by atoms with Crippen LogP contribution in [0.4, 0.5) is 0 Å². The Kier molecular flexibility index (Phi) is 7.11. The van der Waals surface area contributed by atoms with E-state index in [2.05, 4.69) is 41.5 Å². The van der Waals surface area contributed by atoms with Crippen LogP contribution < -0.4 is 10.1 Å².